The molecule has 138 valence electrons. The number of anilines is 1. The molecule has 0 aliphatic carbocycles. The van der Waals surface area contributed by atoms with Gasteiger partial charge in [0.25, 0.3) is 0 Å². The van der Waals surface area contributed by atoms with Crippen molar-refractivity contribution in [1.82, 2.24) is 4.90 Å². The van der Waals surface area contributed by atoms with E-state index >= 15 is 0 Å². The maximum absolute atomic E-state index is 5.79. The van der Waals surface area contributed by atoms with Crippen LogP contribution in [0.1, 0.15) is 22.3 Å². The van der Waals surface area contributed by atoms with Crippen LogP contribution in [0.4, 0.5) is 5.69 Å². The quantitative estimate of drug-likeness (QED) is 0.554. The van der Waals surface area contributed by atoms with Crippen LogP contribution >= 0.6 is 12.2 Å². The topological polar surface area (TPSA) is 15.3 Å². The molecule has 0 heterocycles. The van der Waals surface area contributed by atoms with Gasteiger partial charge in [0.15, 0.2) is 5.11 Å². The lowest BCUT2D eigenvalue weighted by atomic mass is 10.1. The maximum Gasteiger partial charge on any atom is 0.173 e. The monoisotopic (exact) mass is 374 g/mol. The Balaban J connectivity index is 1.75. The van der Waals surface area contributed by atoms with Crippen molar-refractivity contribution in [2.75, 3.05) is 11.9 Å². The van der Waals surface area contributed by atoms with Crippen molar-refractivity contribution in [1.29, 1.82) is 0 Å². The number of hydrogen-bond acceptors (Lipinski definition) is 1. The number of thiocarbonyl (C=S) groups is 1. The molecule has 27 heavy (non-hydrogen) atoms. The number of aryl methyl sites for hydroxylation is 1. The van der Waals surface area contributed by atoms with Crippen LogP contribution in [0, 0.1) is 13.8 Å². The Morgan fingerprint density at radius 1 is 0.815 bits per heavy atom. The Hall–Kier alpha value is -2.65. The first-order valence-electron chi connectivity index (χ1n) is 9.33. The minimum Gasteiger partial charge on any atom is -0.344 e. The molecule has 0 aromatic heterocycles. The number of nitrogens with zero attached hydrogens (tertiary/aromatic N) is 1. The van der Waals surface area contributed by atoms with Gasteiger partial charge in [-0.05, 0) is 60.8 Å². The molecule has 0 aliphatic heterocycles. The van der Waals surface area contributed by atoms with E-state index in [-0.39, 0.29) is 0 Å². The molecule has 0 fully saturated rings. The normalized spacial score (nSPS) is 10.4. The van der Waals surface area contributed by atoms with Gasteiger partial charge in [0.1, 0.15) is 0 Å². The van der Waals surface area contributed by atoms with Crippen LogP contribution in [0.25, 0.3) is 0 Å². The summed E-state index contributed by atoms with van der Waals surface area (Å²) in [7, 11) is 0. The molecule has 0 amide bonds. The third kappa shape index (κ3) is 5.41. The average Bonchev–Trinajstić information content (AvgIpc) is 2.70. The van der Waals surface area contributed by atoms with Gasteiger partial charge in [-0.3, -0.25) is 0 Å². The van der Waals surface area contributed by atoms with Crippen molar-refractivity contribution in [2.45, 2.75) is 26.8 Å². The summed E-state index contributed by atoms with van der Waals surface area (Å²) in [5, 5.41) is 4.23. The van der Waals surface area contributed by atoms with E-state index in [1.807, 2.05) is 6.07 Å². The molecular formula is C24H26N2S. The SMILES string of the molecule is Cc1cccc(NC(=S)N(CCc2ccccc2)Cc2ccccc2)c1C. The molecule has 3 aromatic carbocycles. The Morgan fingerprint density at radius 2 is 1.44 bits per heavy atom. The summed E-state index contributed by atoms with van der Waals surface area (Å²) < 4.78 is 0. The molecule has 0 unspecified atom stereocenters. The van der Waals surface area contributed by atoms with Gasteiger partial charge >= 0.3 is 0 Å². The Bertz CT molecular complexity index is 875. The van der Waals surface area contributed by atoms with Crippen molar-refractivity contribution >= 4 is 23.0 Å². The molecular weight excluding hydrogens is 348 g/mol. The molecule has 0 spiro atoms. The Labute approximate surface area is 167 Å². The molecule has 1 N–H and O–H groups in total. The van der Waals surface area contributed by atoms with Crippen LogP contribution in [0.3, 0.4) is 0 Å². The van der Waals surface area contributed by atoms with Gasteiger partial charge in [0.05, 0.1) is 0 Å². The summed E-state index contributed by atoms with van der Waals surface area (Å²) >= 11 is 5.79. The molecule has 2 nitrogen and oxygen atoms in total. The molecule has 3 aromatic rings. The van der Waals surface area contributed by atoms with Gasteiger partial charge in [0.2, 0.25) is 0 Å². The van der Waals surface area contributed by atoms with Gasteiger partial charge in [-0.15, -0.1) is 0 Å². The summed E-state index contributed by atoms with van der Waals surface area (Å²) in [6.07, 6.45) is 0.961. The standard InChI is InChI=1S/C24H26N2S/c1-19-10-9-15-23(20(19)2)25-24(27)26(18-22-13-7-4-8-14-22)17-16-21-11-5-3-6-12-21/h3-15H,16-18H2,1-2H3,(H,25,27). The van der Waals surface area contributed by atoms with Crippen molar-refractivity contribution in [3.05, 3.63) is 101 Å². The first-order chi connectivity index (χ1) is 13.1. The van der Waals surface area contributed by atoms with Crippen molar-refractivity contribution in [3.63, 3.8) is 0 Å². The minimum atomic E-state index is 0.767. The lowest BCUT2D eigenvalue weighted by Gasteiger charge is -2.27. The number of hydrogen-bond donors (Lipinski definition) is 1. The highest BCUT2D eigenvalue weighted by molar-refractivity contribution is 7.80. The van der Waals surface area contributed by atoms with Crippen molar-refractivity contribution < 1.29 is 0 Å². The highest BCUT2D eigenvalue weighted by Gasteiger charge is 2.12. The lowest BCUT2D eigenvalue weighted by Crippen LogP contribution is -2.36. The molecule has 0 radical (unpaired) electrons. The Kier molecular flexibility index (Phi) is 6.61. The van der Waals surface area contributed by atoms with E-state index in [2.05, 4.69) is 96.9 Å². The zero-order valence-corrected chi connectivity index (χ0v) is 16.8. The second-order valence-corrected chi connectivity index (χ2v) is 7.21. The predicted molar refractivity (Wildman–Crippen MR) is 119 cm³/mol. The molecule has 0 saturated carbocycles. The molecule has 0 atom stereocenters. The number of benzene rings is 3. The maximum atomic E-state index is 5.79. The minimum absolute atomic E-state index is 0.767. The number of rotatable bonds is 6. The highest BCUT2D eigenvalue weighted by Crippen LogP contribution is 2.19. The van der Waals surface area contributed by atoms with Crippen LogP contribution in [0.5, 0.6) is 0 Å². The molecule has 0 aliphatic rings. The van der Waals surface area contributed by atoms with Gasteiger partial charge in [-0.2, -0.15) is 0 Å². The fourth-order valence-electron chi connectivity index (χ4n) is 3.05. The van der Waals surface area contributed by atoms with E-state index in [9.17, 15) is 0 Å². The summed E-state index contributed by atoms with van der Waals surface area (Å²) in [6.45, 7) is 5.92. The summed E-state index contributed by atoms with van der Waals surface area (Å²) in [5.74, 6) is 0. The van der Waals surface area contributed by atoms with Crippen LogP contribution in [0.15, 0.2) is 78.9 Å². The van der Waals surface area contributed by atoms with Gasteiger partial charge in [-0.25, -0.2) is 0 Å². The van der Waals surface area contributed by atoms with Crippen LogP contribution < -0.4 is 5.32 Å². The second-order valence-electron chi connectivity index (χ2n) is 6.82. The molecule has 3 rings (SSSR count). The third-order valence-corrected chi connectivity index (χ3v) is 5.22. The van der Waals surface area contributed by atoms with Gasteiger partial charge in [-0.1, -0.05) is 72.8 Å². The fraction of sp³-hybridized carbons (Fsp3) is 0.208. The highest BCUT2D eigenvalue weighted by atomic mass is 32.1. The van der Waals surface area contributed by atoms with E-state index < -0.39 is 0 Å². The summed E-state index contributed by atoms with van der Waals surface area (Å²) in [4.78, 5) is 2.25. The fourth-order valence-corrected chi connectivity index (χ4v) is 3.31. The van der Waals surface area contributed by atoms with Crippen LogP contribution in [-0.2, 0) is 13.0 Å². The van der Waals surface area contributed by atoms with E-state index in [4.69, 9.17) is 12.2 Å². The smallest absolute Gasteiger partial charge is 0.173 e. The number of nitrogens with one attached hydrogen (secondary N) is 1. The van der Waals surface area contributed by atoms with E-state index in [0.717, 1.165) is 30.3 Å². The third-order valence-electron chi connectivity index (χ3n) is 4.86. The predicted octanol–water partition coefficient (Wildman–Crippen LogP) is 5.75. The average molecular weight is 375 g/mol. The van der Waals surface area contributed by atoms with Crippen molar-refractivity contribution in [3.8, 4) is 0 Å². The first kappa shape index (κ1) is 19.1. The van der Waals surface area contributed by atoms with Gasteiger partial charge < -0.3 is 10.2 Å². The molecule has 0 bridgehead atoms. The summed E-state index contributed by atoms with van der Waals surface area (Å²) in [5.41, 5.74) is 6.17. The Morgan fingerprint density at radius 3 is 2.11 bits per heavy atom. The van der Waals surface area contributed by atoms with Crippen LogP contribution in [-0.4, -0.2) is 16.6 Å². The lowest BCUT2D eigenvalue weighted by molar-refractivity contribution is 0.423. The largest absolute Gasteiger partial charge is 0.344 e. The van der Waals surface area contributed by atoms with Crippen LogP contribution in [0.2, 0.25) is 0 Å². The first-order valence-corrected chi connectivity index (χ1v) is 9.74. The van der Waals surface area contributed by atoms with E-state index in [1.165, 1.54) is 22.3 Å². The van der Waals surface area contributed by atoms with Gasteiger partial charge in [0, 0.05) is 18.8 Å². The molecule has 3 heteroatoms. The van der Waals surface area contributed by atoms with E-state index in [0.29, 0.717) is 0 Å². The molecule has 0 saturated heterocycles. The zero-order valence-electron chi connectivity index (χ0n) is 16.0. The second kappa shape index (κ2) is 9.33. The zero-order chi connectivity index (χ0) is 19.1. The summed E-state index contributed by atoms with van der Waals surface area (Å²) in [6, 6.07) is 27.3. The van der Waals surface area contributed by atoms with E-state index in [1.54, 1.807) is 0 Å². The van der Waals surface area contributed by atoms with Crippen molar-refractivity contribution in [2.24, 2.45) is 0 Å².